The second kappa shape index (κ2) is 12.5. The minimum absolute atomic E-state index is 0. The highest BCUT2D eigenvalue weighted by Gasteiger charge is 2.13. The van der Waals surface area contributed by atoms with Crippen LogP contribution in [0.1, 0.15) is 39.4 Å². The zero-order valence-electron chi connectivity index (χ0n) is 15.6. The molecule has 1 atom stereocenters. The second-order valence-corrected chi connectivity index (χ2v) is 6.36. The molecule has 0 amide bonds. The molecular formula is C16H33IN6O. The summed E-state index contributed by atoms with van der Waals surface area (Å²) in [5, 5.41) is 16.7. The van der Waals surface area contributed by atoms with Gasteiger partial charge in [0, 0.05) is 33.8 Å². The summed E-state index contributed by atoms with van der Waals surface area (Å²) in [6.45, 7) is 8.89. The Labute approximate surface area is 163 Å². The largest absolute Gasteiger partial charge is 0.396 e. The molecule has 1 aromatic heterocycles. The number of hydrogen-bond donors (Lipinski definition) is 2. The van der Waals surface area contributed by atoms with Crippen LogP contribution in [-0.4, -0.2) is 57.5 Å². The van der Waals surface area contributed by atoms with E-state index in [9.17, 15) is 5.11 Å². The van der Waals surface area contributed by atoms with Crippen molar-refractivity contribution >= 4 is 29.9 Å². The second-order valence-electron chi connectivity index (χ2n) is 6.36. The molecule has 0 radical (unpaired) electrons. The number of aliphatic imine (C=N–C) groups is 1. The van der Waals surface area contributed by atoms with Crippen LogP contribution in [0.4, 0.5) is 0 Å². The van der Waals surface area contributed by atoms with Gasteiger partial charge in [0.15, 0.2) is 5.96 Å². The lowest BCUT2D eigenvalue weighted by Crippen LogP contribution is -2.39. The molecule has 2 N–H and O–H groups in total. The van der Waals surface area contributed by atoms with Crippen molar-refractivity contribution in [2.24, 2.45) is 23.9 Å². The predicted octanol–water partition coefficient (Wildman–Crippen LogP) is 1.88. The third-order valence-electron chi connectivity index (χ3n) is 3.72. The molecule has 7 nitrogen and oxygen atoms in total. The monoisotopic (exact) mass is 452 g/mol. The molecule has 24 heavy (non-hydrogen) atoms. The lowest BCUT2D eigenvalue weighted by molar-refractivity contribution is 0.245. The van der Waals surface area contributed by atoms with Crippen molar-refractivity contribution in [2.45, 2.75) is 40.2 Å². The van der Waals surface area contributed by atoms with Crippen molar-refractivity contribution in [2.75, 3.05) is 26.7 Å². The van der Waals surface area contributed by atoms with Gasteiger partial charge >= 0.3 is 0 Å². The van der Waals surface area contributed by atoms with E-state index in [4.69, 9.17) is 4.99 Å². The Bertz CT molecular complexity index is 477. The summed E-state index contributed by atoms with van der Waals surface area (Å²) < 4.78 is 1.77. The molecule has 0 aliphatic rings. The van der Waals surface area contributed by atoms with Crippen molar-refractivity contribution in [3.63, 3.8) is 0 Å². The lowest BCUT2D eigenvalue weighted by atomic mass is 9.94. The van der Waals surface area contributed by atoms with E-state index >= 15 is 0 Å². The van der Waals surface area contributed by atoms with Gasteiger partial charge in [0.05, 0.1) is 6.54 Å². The number of aryl methyl sites for hydroxylation is 1. The summed E-state index contributed by atoms with van der Waals surface area (Å²) in [5.74, 6) is 2.78. The molecule has 1 aromatic rings. The van der Waals surface area contributed by atoms with Crippen LogP contribution in [0.5, 0.6) is 0 Å². The predicted molar refractivity (Wildman–Crippen MR) is 109 cm³/mol. The third-order valence-corrected chi connectivity index (χ3v) is 3.72. The summed E-state index contributed by atoms with van der Waals surface area (Å²) >= 11 is 0. The van der Waals surface area contributed by atoms with Gasteiger partial charge < -0.3 is 15.3 Å². The van der Waals surface area contributed by atoms with Crippen LogP contribution in [-0.2, 0) is 13.6 Å². The summed E-state index contributed by atoms with van der Waals surface area (Å²) in [4.78, 5) is 11.1. The van der Waals surface area contributed by atoms with Crippen molar-refractivity contribution in [1.29, 1.82) is 0 Å². The van der Waals surface area contributed by atoms with Crippen LogP contribution in [0.25, 0.3) is 0 Å². The van der Waals surface area contributed by atoms with Gasteiger partial charge in [0.2, 0.25) is 0 Å². The average molecular weight is 452 g/mol. The van der Waals surface area contributed by atoms with E-state index in [1.165, 1.54) is 0 Å². The number of aliphatic hydroxyl groups excluding tert-OH is 1. The van der Waals surface area contributed by atoms with E-state index < -0.39 is 0 Å². The van der Waals surface area contributed by atoms with Crippen molar-refractivity contribution in [3.8, 4) is 0 Å². The molecule has 0 bridgehead atoms. The van der Waals surface area contributed by atoms with Gasteiger partial charge in [0.25, 0.3) is 0 Å². The maximum absolute atomic E-state index is 9.24. The maximum atomic E-state index is 9.24. The Balaban J connectivity index is 0.00000529. The Morgan fingerprint density at radius 2 is 2.17 bits per heavy atom. The summed E-state index contributed by atoms with van der Waals surface area (Å²) in [5.41, 5.74) is 0. The Morgan fingerprint density at radius 3 is 2.67 bits per heavy atom. The molecule has 1 unspecified atom stereocenters. The molecule has 8 heteroatoms. The molecule has 0 saturated heterocycles. The van der Waals surface area contributed by atoms with Crippen LogP contribution in [0, 0.1) is 11.8 Å². The maximum Gasteiger partial charge on any atom is 0.194 e. The van der Waals surface area contributed by atoms with Gasteiger partial charge in [-0.1, -0.05) is 13.8 Å². The Hall–Kier alpha value is -0.900. The highest BCUT2D eigenvalue weighted by Crippen LogP contribution is 2.15. The number of nitrogens with one attached hydrogen (secondary N) is 1. The number of hydrogen-bond acceptors (Lipinski definition) is 4. The highest BCUT2D eigenvalue weighted by atomic mass is 127. The number of rotatable bonds is 9. The van der Waals surface area contributed by atoms with E-state index in [0.717, 1.165) is 37.7 Å². The minimum Gasteiger partial charge on any atom is -0.396 e. The fraction of sp³-hybridized carbons (Fsp3) is 0.812. The molecule has 0 aliphatic carbocycles. The number of nitrogens with zero attached hydrogens (tertiary/aromatic N) is 5. The minimum atomic E-state index is 0. The van der Waals surface area contributed by atoms with Crippen molar-refractivity contribution in [1.82, 2.24) is 25.0 Å². The summed E-state index contributed by atoms with van der Waals surface area (Å²) in [6, 6.07) is 0. The summed E-state index contributed by atoms with van der Waals surface area (Å²) in [6.07, 6.45) is 3.44. The van der Waals surface area contributed by atoms with E-state index in [1.54, 1.807) is 11.0 Å². The van der Waals surface area contributed by atoms with Gasteiger partial charge in [0.1, 0.15) is 12.2 Å². The fourth-order valence-corrected chi connectivity index (χ4v) is 2.57. The quantitative estimate of drug-likeness (QED) is 0.340. The third kappa shape index (κ3) is 8.27. The first-order valence-corrected chi connectivity index (χ1v) is 8.41. The van der Waals surface area contributed by atoms with Crippen LogP contribution >= 0.6 is 24.0 Å². The number of aromatic nitrogens is 3. The first kappa shape index (κ1) is 23.1. The van der Waals surface area contributed by atoms with E-state index in [2.05, 4.69) is 41.1 Å². The normalized spacial score (nSPS) is 12.9. The topological polar surface area (TPSA) is 78.6 Å². The standard InChI is InChI=1S/C16H32N6O.HI/c1-6-17-16(18-10-14(7-8-23)9-13(2)3)21(4)11-15-19-12-20-22(15)5;/h12-14,23H,6-11H2,1-5H3,(H,17,18);1H. The average Bonchev–Trinajstić information content (AvgIpc) is 2.88. The SMILES string of the molecule is CCNC(=NCC(CCO)CC(C)C)N(C)Cc1ncnn1C.I. The van der Waals surface area contributed by atoms with Crippen LogP contribution in [0.2, 0.25) is 0 Å². The lowest BCUT2D eigenvalue weighted by Gasteiger charge is -2.23. The molecular weight excluding hydrogens is 419 g/mol. The molecule has 1 rings (SSSR count). The zero-order valence-corrected chi connectivity index (χ0v) is 17.9. The van der Waals surface area contributed by atoms with Gasteiger partial charge in [-0.3, -0.25) is 9.67 Å². The van der Waals surface area contributed by atoms with Gasteiger partial charge in [-0.25, -0.2) is 4.98 Å². The van der Waals surface area contributed by atoms with Gasteiger partial charge in [-0.15, -0.1) is 24.0 Å². The van der Waals surface area contributed by atoms with Crippen LogP contribution < -0.4 is 5.32 Å². The highest BCUT2D eigenvalue weighted by molar-refractivity contribution is 14.0. The van der Waals surface area contributed by atoms with E-state index in [-0.39, 0.29) is 30.6 Å². The van der Waals surface area contributed by atoms with E-state index in [1.807, 2.05) is 14.1 Å². The molecule has 0 fully saturated rings. The molecule has 0 saturated carbocycles. The molecule has 140 valence electrons. The van der Waals surface area contributed by atoms with Gasteiger partial charge in [-0.2, -0.15) is 5.10 Å². The number of halogens is 1. The van der Waals surface area contributed by atoms with Crippen molar-refractivity contribution in [3.05, 3.63) is 12.2 Å². The first-order valence-electron chi connectivity index (χ1n) is 8.41. The Kier molecular flexibility index (Phi) is 12.0. The first-order chi connectivity index (χ1) is 11.0. The smallest absolute Gasteiger partial charge is 0.194 e. The van der Waals surface area contributed by atoms with Crippen LogP contribution in [0.15, 0.2) is 11.3 Å². The number of aliphatic hydroxyl groups is 1. The Morgan fingerprint density at radius 1 is 1.46 bits per heavy atom. The van der Waals surface area contributed by atoms with E-state index in [0.29, 0.717) is 18.4 Å². The fourth-order valence-electron chi connectivity index (χ4n) is 2.57. The zero-order chi connectivity index (χ0) is 17.2. The molecule has 0 aliphatic heterocycles. The molecule has 1 heterocycles. The number of guanidine groups is 1. The summed E-state index contributed by atoms with van der Waals surface area (Å²) in [7, 11) is 3.89. The van der Waals surface area contributed by atoms with Gasteiger partial charge in [-0.05, 0) is 31.6 Å². The van der Waals surface area contributed by atoms with Crippen LogP contribution in [0.3, 0.4) is 0 Å². The molecule has 0 spiro atoms. The molecule has 0 aromatic carbocycles. The van der Waals surface area contributed by atoms with Crippen molar-refractivity contribution < 1.29 is 5.11 Å².